The third-order valence-electron chi connectivity index (χ3n) is 4.88. The minimum atomic E-state index is 0.544. The van der Waals surface area contributed by atoms with Crippen LogP contribution < -0.4 is 10.2 Å². The second-order valence-corrected chi connectivity index (χ2v) is 7.38. The van der Waals surface area contributed by atoms with Gasteiger partial charge in [-0.25, -0.2) is 4.98 Å². The molecule has 4 rings (SSSR count). The Bertz CT molecular complexity index is 596. The lowest BCUT2D eigenvalue weighted by Crippen LogP contribution is -2.39. The molecule has 1 N–H and O–H groups in total. The van der Waals surface area contributed by atoms with E-state index in [1.807, 2.05) is 12.4 Å². The molecule has 0 aromatic carbocycles. The quantitative estimate of drug-likeness (QED) is 0.918. The minimum absolute atomic E-state index is 0.544. The van der Waals surface area contributed by atoms with Crippen molar-refractivity contribution in [2.75, 3.05) is 23.3 Å². The van der Waals surface area contributed by atoms with Crippen LogP contribution in [0, 0.1) is 5.92 Å². The van der Waals surface area contributed by atoms with Gasteiger partial charge in [0.2, 0.25) is 0 Å². The van der Waals surface area contributed by atoms with E-state index in [2.05, 4.69) is 43.5 Å². The third-order valence-corrected chi connectivity index (χ3v) is 5.71. The van der Waals surface area contributed by atoms with Crippen LogP contribution in [0.15, 0.2) is 24.0 Å². The summed E-state index contributed by atoms with van der Waals surface area (Å²) in [6.07, 6.45) is 11.1. The van der Waals surface area contributed by atoms with E-state index in [1.165, 1.54) is 18.5 Å². The molecule has 1 atom stereocenters. The summed E-state index contributed by atoms with van der Waals surface area (Å²) in [5, 5.41) is 11.4. The highest BCUT2D eigenvalue weighted by molar-refractivity contribution is 7.13. The van der Waals surface area contributed by atoms with Gasteiger partial charge in [0.05, 0.1) is 17.9 Å². The molecule has 6 heteroatoms. The zero-order valence-electron chi connectivity index (χ0n) is 13.0. The average molecular weight is 317 g/mol. The standard InChI is InChI=1S/C16H23N5S/c1-12(13-2-3-13)21-11-15(10-18-21)19-14-4-7-20(8-5-14)16-17-6-9-22-16/h6,9-14,19H,2-5,7-8H2,1H3/t12-/m1/s1. The Morgan fingerprint density at radius 1 is 1.27 bits per heavy atom. The van der Waals surface area contributed by atoms with Gasteiger partial charge in [-0.05, 0) is 38.5 Å². The van der Waals surface area contributed by atoms with Gasteiger partial charge in [-0.3, -0.25) is 4.68 Å². The first kappa shape index (κ1) is 14.1. The van der Waals surface area contributed by atoms with Crippen molar-refractivity contribution in [3.63, 3.8) is 0 Å². The van der Waals surface area contributed by atoms with Gasteiger partial charge in [0.15, 0.2) is 5.13 Å². The van der Waals surface area contributed by atoms with Gasteiger partial charge in [-0.2, -0.15) is 5.10 Å². The maximum absolute atomic E-state index is 4.53. The summed E-state index contributed by atoms with van der Waals surface area (Å²) in [6.45, 7) is 4.44. The molecule has 0 amide bonds. The number of rotatable bonds is 5. The predicted octanol–water partition coefficient (Wildman–Crippen LogP) is 3.39. The molecular weight excluding hydrogens is 294 g/mol. The molecule has 0 spiro atoms. The summed E-state index contributed by atoms with van der Waals surface area (Å²) in [4.78, 5) is 6.80. The summed E-state index contributed by atoms with van der Waals surface area (Å²) >= 11 is 1.73. The normalized spacial score (nSPS) is 21.0. The summed E-state index contributed by atoms with van der Waals surface area (Å²) in [5.74, 6) is 0.842. The highest BCUT2D eigenvalue weighted by Crippen LogP contribution is 2.39. The van der Waals surface area contributed by atoms with Crippen LogP contribution in [0.1, 0.15) is 38.6 Å². The first-order chi connectivity index (χ1) is 10.8. The molecule has 2 fully saturated rings. The third kappa shape index (κ3) is 2.97. The number of thiazole rings is 1. The Kier molecular flexibility index (Phi) is 3.78. The smallest absolute Gasteiger partial charge is 0.185 e. The second-order valence-electron chi connectivity index (χ2n) is 6.51. The van der Waals surface area contributed by atoms with Crippen LogP contribution in [0.25, 0.3) is 0 Å². The van der Waals surface area contributed by atoms with Crippen LogP contribution in [0.2, 0.25) is 0 Å². The van der Waals surface area contributed by atoms with Gasteiger partial charge >= 0.3 is 0 Å². The van der Waals surface area contributed by atoms with E-state index in [4.69, 9.17) is 0 Å². The van der Waals surface area contributed by atoms with Crippen molar-refractivity contribution < 1.29 is 0 Å². The molecule has 0 bridgehead atoms. The highest BCUT2D eigenvalue weighted by Gasteiger charge is 2.29. The Morgan fingerprint density at radius 3 is 2.77 bits per heavy atom. The zero-order valence-corrected chi connectivity index (χ0v) is 13.8. The summed E-state index contributed by atoms with van der Waals surface area (Å²) in [7, 11) is 0. The van der Waals surface area contributed by atoms with Crippen molar-refractivity contribution in [2.45, 2.75) is 44.7 Å². The molecule has 118 valence electrons. The monoisotopic (exact) mass is 317 g/mol. The molecule has 1 saturated heterocycles. The maximum Gasteiger partial charge on any atom is 0.185 e. The van der Waals surface area contributed by atoms with Gasteiger partial charge in [0, 0.05) is 36.9 Å². The van der Waals surface area contributed by atoms with Crippen LogP contribution in [0.3, 0.4) is 0 Å². The Labute approximate surface area is 135 Å². The van der Waals surface area contributed by atoms with E-state index in [9.17, 15) is 0 Å². The number of anilines is 2. The summed E-state index contributed by atoms with van der Waals surface area (Å²) < 4.78 is 2.13. The molecule has 2 aromatic heterocycles. The van der Waals surface area contributed by atoms with Gasteiger partial charge in [-0.15, -0.1) is 11.3 Å². The van der Waals surface area contributed by atoms with Gasteiger partial charge in [0.1, 0.15) is 0 Å². The lowest BCUT2D eigenvalue weighted by Gasteiger charge is -2.32. The molecule has 1 aliphatic carbocycles. The molecule has 2 aromatic rings. The van der Waals surface area contributed by atoms with Crippen LogP contribution >= 0.6 is 11.3 Å². The molecule has 0 unspecified atom stereocenters. The molecule has 1 aliphatic heterocycles. The lowest BCUT2D eigenvalue weighted by molar-refractivity contribution is 0.440. The Balaban J connectivity index is 1.31. The van der Waals surface area contributed by atoms with E-state index >= 15 is 0 Å². The number of nitrogens with one attached hydrogen (secondary N) is 1. The van der Waals surface area contributed by atoms with Crippen LogP contribution in [-0.2, 0) is 0 Å². The average Bonchev–Trinajstić information content (AvgIpc) is 3.05. The van der Waals surface area contributed by atoms with E-state index in [0.717, 1.165) is 37.0 Å². The maximum atomic E-state index is 4.53. The number of hydrogen-bond acceptors (Lipinski definition) is 5. The molecule has 1 saturated carbocycles. The van der Waals surface area contributed by atoms with E-state index in [0.29, 0.717) is 12.1 Å². The van der Waals surface area contributed by atoms with Crippen molar-refractivity contribution in [3.8, 4) is 0 Å². The van der Waals surface area contributed by atoms with Gasteiger partial charge in [0.25, 0.3) is 0 Å². The topological polar surface area (TPSA) is 46.0 Å². The number of aromatic nitrogens is 3. The molecule has 22 heavy (non-hydrogen) atoms. The van der Waals surface area contributed by atoms with Crippen molar-refractivity contribution in [3.05, 3.63) is 24.0 Å². The minimum Gasteiger partial charge on any atom is -0.380 e. The van der Waals surface area contributed by atoms with Gasteiger partial charge in [-0.1, -0.05) is 0 Å². The van der Waals surface area contributed by atoms with Crippen molar-refractivity contribution in [2.24, 2.45) is 5.92 Å². The van der Waals surface area contributed by atoms with Crippen molar-refractivity contribution >= 4 is 22.2 Å². The second kappa shape index (κ2) is 5.91. The lowest BCUT2D eigenvalue weighted by atomic mass is 10.1. The number of nitrogens with zero attached hydrogens (tertiary/aromatic N) is 4. The molecule has 2 aliphatic rings. The van der Waals surface area contributed by atoms with Crippen molar-refractivity contribution in [1.82, 2.24) is 14.8 Å². The SMILES string of the molecule is C[C@H](C1CC1)n1cc(NC2CCN(c3nccs3)CC2)cn1. The molecule has 0 radical (unpaired) electrons. The number of piperidine rings is 1. The van der Waals surface area contributed by atoms with E-state index < -0.39 is 0 Å². The zero-order chi connectivity index (χ0) is 14.9. The van der Waals surface area contributed by atoms with Crippen LogP contribution in [0.4, 0.5) is 10.8 Å². The van der Waals surface area contributed by atoms with Crippen molar-refractivity contribution in [1.29, 1.82) is 0 Å². The summed E-state index contributed by atoms with van der Waals surface area (Å²) in [5.41, 5.74) is 1.17. The fourth-order valence-corrected chi connectivity index (χ4v) is 3.95. The highest BCUT2D eigenvalue weighted by atomic mass is 32.1. The molecular formula is C16H23N5S. The van der Waals surface area contributed by atoms with Gasteiger partial charge < -0.3 is 10.2 Å². The Morgan fingerprint density at radius 2 is 2.09 bits per heavy atom. The van der Waals surface area contributed by atoms with E-state index in [1.54, 1.807) is 11.3 Å². The van der Waals surface area contributed by atoms with Crippen LogP contribution in [-0.4, -0.2) is 33.9 Å². The fourth-order valence-electron chi connectivity index (χ4n) is 3.25. The molecule has 3 heterocycles. The van der Waals surface area contributed by atoms with Crippen LogP contribution in [0.5, 0.6) is 0 Å². The molecule has 5 nitrogen and oxygen atoms in total. The largest absolute Gasteiger partial charge is 0.380 e. The Hall–Kier alpha value is -1.56. The van der Waals surface area contributed by atoms with E-state index in [-0.39, 0.29) is 0 Å². The predicted molar refractivity (Wildman–Crippen MR) is 90.6 cm³/mol. The first-order valence-electron chi connectivity index (χ1n) is 8.25. The fraction of sp³-hybridized carbons (Fsp3) is 0.625. The summed E-state index contributed by atoms with van der Waals surface area (Å²) in [6, 6.07) is 1.09. The number of hydrogen-bond donors (Lipinski definition) is 1. The first-order valence-corrected chi connectivity index (χ1v) is 9.12.